The normalized spacial score (nSPS) is 13.7. The van der Waals surface area contributed by atoms with E-state index in [9.17, 15) is 9.90 Å². The van der Waals surface area contributed by atoms with Gasteiger partial charge in [0.2, 0.25) is 5.91 Å². The van der Waals surface area contributed by atoms with E-state index in [1.807, 2.05) is 30.3 Å². The summed E-state index contributed by atoms with van der Waals surface area (Å²) in [5.41, 5.74) is 6.22. The molecule has 6 heteroatoms. The Bertz CT molecular complexity index is 585. The smallest absolute Gasteiger partial charge is 0.226 e. The Morgan fingerprint density at radius 1 is 1.45 bits per heavy atom. The van der Waals surface area contributed by atoms with Gasteiger partial charge < -0.3 is 16.2 Å². The Hall–Kier alpha value is -1.92. The molecule has 5 nitrogen and oxygen atoms in total. The maximum atomic E-state index is 12.1. The Morgan fingerprint density at radius 3 is 2.70 bits per heavy atom. The molecule has 1 aromatic heterocycles. The minimum absolute atomic E-state index is 0.149. The third-order valence-corrected chi connectivity index (χ3v) is 3.78. The van der Waals surface area contributed by atoms with E-state index in [-0.39, 0.29) is 18.9 Å². The van der Waals surface area contributed by atoms with Crippen molar-refractivity contribution in [3.05, 3.63) is 47.0 Å². The zero-order chi connectivity index (χ0) is 14.6. The van der Waals surface area contributed by atoms with Gasteiger partial charge in [-0.3, -0.25) is 4.79 Å². The van der Waals surface area contributed by atoms with Crippen molar-refractivity contribution >= 4 is 22.4 Å². The molecule has 1 amide bonds. The standard InChI is InChI=1S/C14H17N3O2S/c1-14(9-18,10-5-3-2-4-6-10)17-12(19)7-11-8-20-13(15)16-11/h2-6,8,18H,7,9H2,1H3,(H2,15,16)(H,17,19). The average molecular weight is 291 g/mol. The SMILES string of the molecule is CC(CO)(NC(=O)Cc1csc(N)n1)c1ccccc1. The Kier molecular flexibility index (Phi) is 4.36. The number of carbonyl (C=O) groups is 1. The van der Waals surface area contributed by atoms with E-state index in [0.29, 0.717) is 10.8 Å². The fourth-order valence-electron chi connectivity index (χ4n) is 1.93. The monoisotopic (exact) mass is 291 g/mol. The van der Waals surface area contributed by atoms with Gasteiger partial charge in [-0.05, 0) is 12.5 Å². The van der Waals surface area contributed by atoms with Crippen molar-refractivity contribution < 1.29 is 9.90 Å². The van der Waals surface area contributed by atoms with Crippen molar-refractivity contribution in [2.75, 3.05) is 12.3 Å². The first-order chi connectivity index (χ1) is 9.53. The van der Waals surface area contributed by atoms with Crippen LogP contribution in [0.3, 0.4) is 0 Å². The van der Waals surface area contributed by atoms with Crippen LogP contribution in [0.4, 0.5) is 5.13 Å². The number of nitrogens with zero attached hydrogens (tertiary/aromatic N) is 1. The summed E-state index contributed by atoms with van der Waals surface area (Å²) < 4.78 is 0. The molecule has 0 fully saturated rings. The summed E-state index contributed by atoms with van der Waals surface area (Å²) in [4.78, 5) is 16.1. The highest BCUT2D eigenvalue weighted by atomic mass is 32.1. The minimum Gasteiger partial charge on any atom is -0.394 e. The lowest BCUT2D eigenvalue weighted by Crippen LogP contribution is -2.46. The summed E-state index contributed by atoms with van der Waals surface area (Å²) in [5.74, 6) is -0.198. The van der Waals surface area contributed by atoms with Crippen molar-refractivity contribution in [2.45, 2.75) is 18.9 Å². The molecular weight excluding hydrogens is 274 g/mol. The number of rotatable bonds is 5. The molecule has 0 radical (unpaired) electrons. The van der Waals surface area contributed by atoms with Crippen molar-refractivity contribution in [1.29, 1.82) is 0 Å². The fraction of sp³-hybridized carbons (Fsp3) is 0.286. The highest BCUT2D eigenvalue weighted by Crippen LogP contribution is 2.20. The van der Waals surface area contributed by atoms with E-state index in [1.54, 1.807) is 12.3 Å². The quantitative estimate of drug-likeness (QED) is 0.774. The summed E-state index contributed by atoms with van der Waals surface area (Å²) in [6, 6.07) is 9.38. The molecule has 4 N–H and O–H groups in total. The fourth-order valence-corrected chi connectivity index (χ4v) is 2.49. The topological polar surface area (TPSA) is 88.2 Å². The first-order valence-electron chi connectivity index (χ1n) is 6.21. The third-order valence-electron chi connectivity index (χ3n) is 3.05. The third kappa shape index (κ3) is 3.34. The largest absolute Gasteiger partial charge is 0.394 e. The van der Waals surface area contributed by atoms with E-state index < -0.39 is 5.54 Å². The lowest BCUT2D eigenvalue weighted by Gasteiger charge is -2.29. The number of hydrogen-bond donors (Lipinski definition) is 3. The number of amides is 1. The second-order valence-corrected chi connectivity index (χ2v) is 5.65. The maximum absolute atomic E-state index is 12.1. The molecule has 0 aliphatic rings. The van der Waals surface area contributed by atoms with Gasteiger partial charge in [-0.25, -0.2) is 4.98 Å². The minimum atomic E-state index is -0.806. The number of thiazole rings is 1. The molecular formula is C14H17N3O2S. The van der Waals surface area contributed by atoms with Gasteiger partial charge in [0.15, 0.2) is 5.13 Å². The highest BCUT2D eigenvalue weighted by Gasteiger charge is 2.27. The zero-order valence-corrected chi connectivity index (χ0v) is 12.0. The Morgan fingerprint density at radius 2 is 2.15 bits per heavy atom. The second-order valence-electron chi connectivity index (χ2n) is 4.76. The molecule has 1 heterocycles. The van der Waals surface area contributed by atoms with Crippen LogP contribution < -0.4 is 11.1 Å². The van der Waals surface area contributed by atoms with Crippen molar-refractivity contribution in [3.8, 4) is 0 Å². The number of aliphatic hydroxyl groups is 1. The number of benzene rings is 1. The van der Waals surface area contributed by atoms with Crippen LogP contribution in [0.2, 0.25) is 0 Å². The molecule has 1 aromatic carbocycles. The summed E-state index contributed by atoms with van der Waals surface area (Å²) in [5, 5.41) is 14.7. The van der Waals surface area contributed by atoms with Gasteiger partial charge >= 0.3 is 0 Å². The summed E-state index contributed by atoms with van der Waals surface area (Å²) in [6.45, 7) is 1.61. The Balaban J connectivity index is 2.08. The van der Waals surface area contributed by atoms with Gasteiger partial charge in [0.05, 0.1) is 24.3 Å². The molecule has 0 aliphatic heterocycles. The van der Waals surface area contributed by atoms with Crippen molar-refractivity contribution in [1.82, 2.24) is 10.3 Å². The first-order valence-corrected chi connectivity index (χ1v) is 7.09. The van der Waals surface area contributed by atoms with Gasteiger partial charge in [-0.15, -0.1) is 11.3 Å². The molecule has 0 bridgehead atoms. The number of aliphatic hydroxyl groups excluding tert-OH is 1. The lowest BCUT2D eigenvalue weighted by atomic mass is 9.92. The molecule has 2 rings (SSSR count). The van der Waals surface area contributed by atoms with Crippen LogP contribution in [-0.4, -0.2) is 22.6 Å². The van der Waals surface area contributed by atoms with Crippen molar-refractivity contribution in [2.24, 2.45) is 0 Å². The molecule has 0 saturated heterocycles. The van der Waals surface area contributed by atoms with E-state index in [4.69, 9.17) is 5.73 Å². The number of aromatic nitrogens is 1. The van der Waals surface area contributed by atoms with E-state index in [1.165, 1.54) is 11.3 Å². The average Bonchev–Trinajstić information content (AvgIpc) is 2.84. The van der Waals surface area contributed by atoms with Crippen molar-refractivity contribution in [3.63, 3.8) is 0 Å². The molecule has 106 valence electrons. The van der Waals surface area contributed by atoms with E-state index in [2.05, 4.69) is 10.3 Å². The summed E-state index contributed by atoms with van der Waals surface area (Å²) in [6.07, 6.45) is 0.149. The highest BCUT2D eigenvalue weighted by molar-refractivity contribution is 7.13. The zero-order valence-electron chi connectivity index (χ0n) is 11.2. The van der Waals surface area contributed by atoms with Crippen LogP contribution in [0.25, 0.3) is 0 Å². The summed E-state index contributed by atoms with van der Waals surface area (Å²) in [7, 11) is 0. The number of hydrogen-bond acceptors (Lipinski definition) is 5. The van der Waals surface area contributed by atoms with Crippen LogP contribution in [0.5, 0.6) is 0 Å². The van der Waals surface area contributed by atoms with E-state index in [0.717, 1.165) is 5.56 Å². The predicted octanol–water partition coefficient (Wildman–Crippen LogP) is 1.29. The number of anilines is 1. The number of nitrogen functional groups attached to an aromatic ring is 1. The van der Waals surface area contributed by atoms with Gasteiger partial charge in [-0.2, -0.15) is 0 Å². The van der Waals surface area contributed by atoms with Gasteiger partial charge in [-0.1, -0.05) is 30.3 Å². The van der Waals surface area contributed by atoms with Gasteiger partial charge in [0, 0.05) is 5.38 Å². The molecule has 2 aromatic rings. The van der Waals surface area contributed by atoms with Crippen LogP contribution in [0.15, 0.2) is 35.7 Å². The number of carbonyl (C=O) groups excluding carboxylic acids is 1. The van der Waals surface area contributed by atoms with Crippen LogP contribution in [0.1, 0.15) is 18.2 Å². The Labute approximate surface area is 121 Å². The van der Waals surface area contributed by atoms with Crippen LogP contribution in [0, 0.1) is 0 Å². The molecule has 20 heavy (non-hydrogen) atoms. The van der Waals surface area contributed by atoms with Crippen LogP contribution in [-0.2, 0) is 16.8 Å². The van der Waals surface area contributed by atoms with E-state index >= 15 is 0 Å². The predicted molar refractivity (Wildman–Crippen MR) is 79.3 cm³/mol. The van der Waals surface area contributed by atoms with Gasteiger partial charge in [0.1, 0.15) is 0 Å². The van der Waals surface area contributed by atoms with Crippen LogP contribution >= 0.6 is 11.3 Å². The second kappa shape index (κ2) is 6.02. The number of nitrogens with one attached hydrogen (secondary N) is 1. The molecule has 1 unspecified atom stereocenters. The molecule has 0 aliphatic carbocycles. The molecule has 0 spiro atoms. The lowest BCUT2D eigenvalue weighted by molar-refractivity contribution is -0.122. The molecule has 1 atom stereocenters. The first kappa shape index (κ1) is 14.5. The van der Waals surface area contributed by atoms with Gasteiger partial charge in [0.25, 0.3) is 0 Å². The summed E-state index contributed by atoms with van der Waals surface area (Å²) >= 11 is 1.30. The number of nitrogens with two attached hydrogens (primary N) is 1. The molecule has 0 saturated carbocycles. The maximum Gasteiger partial charge on any atom is 0.226 e.